The molecule has 0 rings (SSSR count). The zero-order valence-corrected chi connectivity index (χ0v) is 8.36. The number of halogens is 1. The van der Waals surface area contributed by atoms with Crippen LogP contribution in [0.2, 0.25) is 0 Å². The van der Waals surface area contributed by atoms with Crippen LogP contribution < -0.4 is 5.32 Å². The highest BCUT2D eigenvalue weighted by atomic mass is 35.5. The molecule has 0 saturated carbocycles. The Morgan fingerprint density at radius 2 is 2.09 bits per heavy atom. The third-order valence-electron chi connectivity index (χ3n) is 2.14. The molecule has 0 radical (unpaired) electrons. The second-order valence-corrected chi connectivity index (χ2v) is 3.20. The molecule has 0 saturated heterocycles. The van der Waals surface area contributed by atoms with E-state index in [1.807, 2.05) is 6.08 Å². The molecule has 0 bridgehead atoms. The number of hydrogen-bond donors (Lipinski definition) is 1. The van der Waals surface area contributed by atoms with Crippen molar-refractivity contribution in [3.63, 3.8) is 0 Å². The van der Waals surface area contributed by atoms with Gasteiger partial charge in [-0.25, -0.2) is 0 Å². The summed E-state index contributed by atoms with van der Waals surface area (Å²) >= 11 is 5.38. The van der Waals surface area contributed by atoms with E-state index in [4.69, 9.17) is 11.6 Å². The summed E-state index contributed by atoms with van der Waals surface area (Å²) in [6.45, 7) is 7.54. The molecule has 2 atom stereocenters. The van der Waals surface area contributed by atoms with Crippen LogP contribution in [0, 0.1) is 5.92 Å². The molecule has 0 spiro atoms. The van der Waals surface area contributed by atoms with Crippen molar-refractivity contribution < 1.29 is 0 Å². The highest BCUT2D eigenvalue weighted by Gasteiger charge is 2.06. The fraction of sp³-hybridized carbons (Fsp3) is 0.778. The first-order valence-corrected chi connectivity index (χ1v) is 4.64. The fourth-order valence-electron chi connectivity index (χ4n) is 0.853. The lowest BCUT2D eigenvalue weighted by Crippen LogP contribution is -2.31. The average molecular weight is 176 g/mol. The molecule has 0 aromatic carbocycles. The van der Waals surface area contributed by atoms with Crippen molar-refractivity contribution in [3.05, 3.63) is 11.6 Å². The average Bonchev–Trinajstić information content (AvgIpc) is 2.03. The fourth-order valence-corrected chi connectivity index (χ4v) is 0.942. The maximum atomic E-state index is 5.38. The van der Waals surface area contributed by atoms with Crippen LogP contribution in [-0.4, -0.2) is 12.6 Å². The summed E-state index contributed by atoms with van der Waals surface area (Å²) < 4.78 is 0. The predicted octanol–water partition coefficient (Wildman–Crippen LogP) is 2.76. The van der Waals surface area contributed by atoms with E-state index >= 15 is 0 Å². The van der Waals surface area contributed by atoms with Crippen molar-refractivity contribution in [2.75, 3.05) is 6.54 Å². The normalized spacial score (nSPS) is 17.1. The van der Waals surface area contributed by atoms with Crippen molar-refractivity contribution in [2.45, 2.75) is 33.2 Å². The molecule has 0 aliphatic heterocycles. The Kier molecular flexibility index (Phi) is 6.68. The van der Waals surface area contributed by atoms with Crippen molar-refractivity contribution in [1.82, 2.24) is 5.32 Å². The smallest absolute Gasteiger partial charge is 0.0149 e. The minimum Gasteiger partial charge on any atom is -0.310 e. The van der Waals surface area contributed by atoms with Crippen LogP contribution in [0.15, 0.2) is 11.6 Å². The Bertz CT molecular complexity index is 112. The van der Waals surface area contributed by atoms with Crippen molar-refractivity contribution in [3.8, 4) is 0 Å². The van der Waals surface area contributed by atoms with E-state index in [0.717, 1.165) is 12.5 Å². The zero-order valence-electron chi connectivity index (χ0n) is 7.60. The minimum absolute atomic E-state index is 0.577. The molecule has 11 heavy (non-hydrogen) atoms. The lowest BCUT2D eigenvalue weighted by Gasteiger charge is -2.18. The van der Waals surface area contributed by atoms with E-state index < -0.39 is 0 Å². The Morgan fingerprint density at radius 1 is 1.45 bits per heavy atom. The molecular weight excluding hydrogens is 158 g/mol. The van der Waals surface area contributed by atoms with Gasteiger partial charge in [-0.1, -0.05) is 37.9 Å². The molecule has 0 aromatic heterocycles. The van der Waals surface area contributed by atoms with Crippen LogP contribution in [-0.2, 0) is 0 Å². The van der Waals surface area contributed by atoms with Crippen LogP contribution in [0.5, 0.6) is 0 Å². The van der Waals surface area contributed by atoms with E-state index in [9.17, 15) is 0 Å². The van der Waals surface area contributed by atoms with Crippen LogP contribution >= 0.6 is 11.6 Å². The maximum absolute atomic E-state index is 5.38. The van der Waals surface area contributed by atoms with E-state index in [-0.39, 0.29) is 0 Å². The van der Waals surface area contributed by atoms with E-state index in [1.54, 1.807) is 5.54 Å². The van der Waals surface area contributed by atoms with E-state index in [1.165, 1.54) is 6.42 Å². The van der Waals surface area contributed by atoms with Gasteiger partial charge in [0.1, 0.15) is 0 Å². The highest BCUT2D eigenvalue weighted by molar-refractivity contribution is 6.25. The van der Waals surface area contributed by atoms with Gasteiger partial charge in [0.2, 0.25) is 0 Å². The molecule has 0 aliphatic rings. The highest BCUT2D eigenvalue weighted by Crippen LogP contribution is 2.05. The molecule has 0 heterocycles. The summed E-state index contributed by atoms with van der Waals surface area (Å²) in [5.41, 5.74) is 1.55. The SMILES string of the molecule is CCC(C)C(C)NC/C=C/Cl. The van der Waals surface area contributed by atoms with Gasteiger partial charge in [-0.2, -0.15) is 0 Å². The molecule has 0 fully saturated rings. The molecule has 66 valence electrons. The number of nitrogens with one attached hydrogen (secondary N) is 1. The first-order chi connectivity index (χ1) is 5.22. The van der Waals surface area contributed by atoms with Crippen molar-refractivity contribution in [1.29, 1.82) is 0 Å². The van der Waals surface area contributed by atoms with Crippen LogP contribution in [0.4, 0.5) is 0 Å². The van der Waals surface area contributed by atoms with E-state index in [2.05, 4.69) is 26.1 Å². The third kappa shape index (κ3) is 5.28. The van der Waals surface area contributed by atoms with Gasteiger partial charge in [-0.05, 0) is 12.8 Å². The van der Waals surface area contributed by atoms with Crippen molar-refractivity contribution >= 4 is 11.6 Å². The molecule has 0 aliphatic carbocycles. The van der Waals surface area contributed by atoms with Gasteiger partial charge in [-0.15, -0.1) is 0 Å². The first-order valence-electron chi connectivity index (χ1n) is 4.21. The van der Waals surface area contributed by atoms with Gasteiger partial charge >= 0.3 is 0 Å². The van der Waals surface area contributed by atoms with Gasteiger partial charge in [0.15, 0.2) is 0 Å². The van der Waals surface area contributed by atoms with Crippen LogP contribution in [0.3, 0.4) is 0 Å². The lowest BCUT2D eigenvalue weighted by atomic mass is 10.0. The van der Waals surface area contributed by atoms with Gasteiger partial charge in [0.05, 0.1) is 0 Å². The molecule has 2 unspecified atom stereocenters. The predicted molar refractivity (Wildman–Crippen MR) is 51.9 cm³/mol. The Labute approximate surface area is 74.8 Å². The summed E-state index contributed by atoms with van der Waals surface area (Å²) in [5, 5.41) is 3.36. The van der Waals surface area contributed by atoms with Gasteiger partial charge < -0.3 is 5.32 Å². The second kappa shape index (κ2) is 6.68. The maximum Gasteiger partial charge on any atom is 0.0149 e. The van der Waals surface area contributed by atoms with Crippen LogP contribution in [0.25, 0.3) is 0 Å². The Hall–Kier alpha value is -0.0100. The Balaban J connectivity index is 3.43. The van der Waals surface area contributed by atoms with Gasteiger partial charge in [0.25, 0.3) is 0 Å². The lowest BCUT2D eigenvalue weighted by molar-refractivity contribution is 0.404. The second-order valence-electron chi connectivity index (χ2n) is 2.94. The summed E-state index contributed by atoms with van der Waals surface area (Å²) in [5.74, 6) is 0.735. The summed E-state index contributed by atoms with van der Waals surface area (Å²) in [6, 6.07) is 0.577. The monoisotopic (exact) mass is 175 g/mol. The zero-order chi connectivity index (χ0) is 8.69. The quantitative estimate of drug-likeness (QED) is 0.678. The standard InChI is InChI=1S/C9H18ClN/c1-4-8(2)9(3)11-7-5-6-10/h5-6,8-9,11H,4,7H2,1-3H3/b6-5+. The third-order valence-corrected chi connectivity index (χ3v) is 2.32. The van der Waals surface area contributed by atoms with Crippen molar-refractivity contribution in [2.24, 2.45) is 5.92 Å². The summed E-state index contributed by atoms with van der Waals surface area (Å²) in [4.78, 5) is 0. The van der Waals surface area contributed by atoms with Gasteiger partial charge in [-0.3, -0.25) is 0 Å². The first kappa shape index (κ1) is 11.0. The summed E-state index contributed by atoms with van der Waals surface area (Å²) in [7, 11) is 0. The molecule has 0 amide bonds. The van der Waals surface area contributed by atoms with E-state index in [0.29, 0.717) is 6.04 Å². The molecule has 1 N–H and O–H groups in total. The van der Waals surface area contributed by atoms with Gasteiger partial charge in [0, 0.05) is 18.1 Å². The minimum atomic E-state index is 0.577. The summed E-state index contributed by atoms with van der Waals surface area (Å²) in [6.07, 6.45) is 3.14. The van der Waals surface area contributed by atoms with Crippen LogP contribution in [0.1, 0.15) is 27.2 Å². The molecular formula is C9H18ClN. The largest absolute Gasteiger partial charge is 0.310 e. The number of hydrogen-bond acceptors (Lipinski definition) is 1. The number of rotatable bonds is 5. The Morgan fingerprint density at radius 3 is 2.55 bits per heavy atom. The molecule has 2 heteroatoms. The topological polar surface area (TPSA) is 12.0 Å². The molecule has 1 nitrogen and oxygen atoms in total. The molecule has 0 aromatic rings.